The van der Waals surface area contributed by atoms with Crippen LogP contribution in [0.2, 0.25) is 0 Å². The molecule has 7 heavy (non-hydrogen) atoms. The summed E-state index contributed by atoms with van der Waals surface area (Å²) in [5, 5.41) is 13.1. The largest absolute Gasteiger partial charge is 0.272 e. The van der Waals surface area contributed by atoms with Gasteiger partial charge < -0.3 is 0 Å². The number of nitrogens with zero attached hydrogens (tertiary/aromatic N) is 2. The molecule has 3 nitrogen and oxygen atoms in total. The molecular formula is C4H8N2O. The molecule has 0 unspecified atom stereocenters. The predicted octanol–water partition coefficient (Wildman–Crippen LogP) is 0.457. The molecule has 0 atom stereocenters. The third-order valence-corrected chi connectivity index (χ3v) is 0.906. The minimum atomic E-state index is 0.677. The average Bonchev–Trinajstić information content (AvgIpc) is 1.69. The van der Waals surface area contributed by atoms with Crippen molar-refractivity contribution in [1.29, 1.82) is 0 Å². The topological polar surface area (TPSA) is 35.8 Å². The molecule has 0 aromatic heterocycles. The van der Waals surface area contributed by atoms with Crippen LogP contribution < -0.4 is 0 Å². The number of hydrogen-bond acceptors (Lipinski definition) is 3. The summed E-state index contributed by atoms with van der Waals surface area (Å²) in [6.45, 7) is 0.677. The molecule has 0 aromatic rings. The van der Waals surface area contributed by atoms with Crippen molar-refractivity contribution in [1.82, 2.24) is 5.17 Å². The Bertz CT molecular complexity index is 81.8. The highest BCUT2D eigenvalue weighted by atomic mass is 16.5. The maximum atomic E-state index is 8.54. The van der Waals surface area contributed by atoms with E-state index in [1.165, 1.54) is 0 Å². The Labute approximate surface area is 42.2 Å². The van der Waals surface area contributed by atoms with Crippen LogP contribution in [-0.2, 0) is 0 Å². The van der Waals surface area contributed by atoms with E-state index in [9.17, 15) is 0 Å². The molecule has 0 amide bonds. The molecule has 1 N–H and O–H groups in total. The Kier molecular flexibility index (Phi) is 1.26. The van der Waals surface area contributed by atoms with Gasteiger partial charge in [-0.25, -0.2) is 0 Å². The fraction of sp³-hybridized carbons (Fsp3) is 0.750. The molecule has 0 fully saturated rings. The van der Waals surface area contributed by atoms with Crippen molar-refractivity contribution in [2.75, 3.05) is 6.54 Å². The van der Waals surface area contributed by atoms with Crippen LogP contribution in [0.1, 0.15) is 12.8 Å². The van der Waals surface area contributed by atoms with E-state index in [4.69, 9.17) is 5.21 Å². The summed E-state index contributed by atoms with van der Waals surface area (Å²) < 4.78 is 0. The van der Waals surface area contributed by atoms with Crippen LogP contribution in [-0.4, -0.2) is 23.1 Å². The van der Waals surface area contributed by atoms with Crippen LogP contribution in [0.15, 0.2) is 5.10 Å². The third kappa shape index (κ3) is 1.16. The maximum Gasteiger partial charge on any atom is 0.0649 e. The fourth-order valence-corrected chi connectivity index (χ4v) is 0.534. The molecule has 0 aromatic carbocycles. The molecule has 0 saturated carbocycles. The highest BCUT2D eigenvalue weighted by Crippen LogP contribution is 1.96. The molecule has 1 aliphatic rings. The summed E-state index contributed by atoms with van der Waals surface area (Å²) in [6.07, 6.45) is 3.72. The minimum absolute atomic E-state index is 0.677. The zero-order valence-corrected chi connectivity index (χ0v) is 4.04. The second kappa shape index (κ2) is 1.93. The summed E-state index contributed by atoms with van der Waals surface area (Å²) >= 11 is 0. The van der Waals surface area contributed by atoms with Gasteiger partial charge in [-0.2, -0.15) is 10.3 Å². The van der Waals surface area contributed by atoms with Crippen molar-refractivity contribution in [2.45, 2.75) is 12.8 Å². The first-order chi connectivity index (χ1) is 3.39. The smallest absolute Gasteiger partial charge is 0.0649 e. The molecule has 1 rings (SSSR count). The Balaban J connectivity index is 2.36. The zero-order chi connectivity index (χ0) is 5.11. The van der Waals surface area contributed by atoms with Gasteiger partial charge in [0.2, 0.25) is 0 Å². The standard InChI is InChI=1S/C4H8N2O/c7-6-4-2-1-3-5-6/h3,7H,1-2,4H2. The SMILES string of the molecule is ON1CCCC=N1. The van der Waals surface area contributed by atoms with Gasteiger partial charge in [-0.1, -0.05) is 0 Å². The van der Waals surface area contributed by atoms with E-state index in [-0.39, 0.29) is 0 Å². The van der Waals surface area contributed by atoms with Gasteiger partial charge in [-0.3, -0.25) is 5.21 Å². The van der Waals surface area contributed by atoms with E-state index in [0.717, 1.165) is 18.0 Å². The van der Waals surface area contributed by atoms with Gasteiger partial charge in [-0.05, 0) is 12.8 Å². The first-order valence-electron chi connectivity index (χ1n) is 2.38. The average molecular weight is 100 g/mol. The van der Waals surface area contributed by atoms with Crippen molar-refractivity contribution in [3.8, 4) is 0 Å². The van der Waals surface area contributed by atoms with Gasteiger partial charge in [0.05, 0.1) is 6.54 Å². The van der Waals surface area contributed by atoms with E-state index in [1.807, 2.05) is 0 Å². The first kappa shape index (κ1) is 4.59. The second-order valence-electron chi connectivity index (χ2n) is 1.54. The highest BCUT2D eigenvalue weighted by molar-refractivity contribution is 5.57. The quantitative estimate of drug-likeness (QED) is 0.480. The monoisotopic (exact) mass is 100 g/mol. The number of rotatable bonds is 0. The van der Waals surface area contributed by atoms with Crippen LogP contribution in [0.3, 0.4) is 0 Å². The van der Waals surface area contributed by atoms with Crippen molar-refractivity contribution < 1.29 is 5.21 Å². The van der Waals surface area contributed by atoms with Gasteiger partial charge >= 0.3 is 0 Å². The van der Waals surface area contributed by atoms with Crippen LogP contribution >= 0.6 is 0 Å². The third-order valence-electron chi connectivity index (χ3n) is 0.906. The lowest BCUT2D eigenvalue weighted by Crippen LogP contribution is -2.17. The predicted molar refractivity (Wildman–Crippen MR) is 26.2 cm³/mol. The van der Waals surface area contributed by atoms with Gasteiger partial charge in [0, 0.05) is 6.21 Å². The summed E-state index contributed by atoms with van der Waals surface area (Å²) in [5.41, 5.74) is 0. The highest BCUT2D eigenvalue weighted by Gasteiger charge is 1.97. The number of hydroxylamine groups is 1. The molecule has 0 spiro atoms. The van der Waals surface area contributed by atoms with Gasteiger partial charge in [0.15, 0.2) is 0 Å². The van der Waals surface area contributed by atoms with Crippen molar-refractivity contribution in [3.63, 3.8) is 0 Å². The van der Waals surface area contributed by atoms with E-state index in [1.54, 1.807) is 6.21 Å². The Hall–Kier alpha value is -0.570. The van der Waals surface area contributed by atoms with Crippen molar-refractivity contribution >= 4 is 6.21 Å². The molecule has 1 aliphatic heterocycles. The summed E-state index contributed by atoms with van der Waals surface area (Å²) in [4.78, 5) is 0. The van der Waals surface area contributed by atoms with Crippen LogP contribution in [0.5, 0.6) is 0 Å². The molecule has 3 heteroatoms. The van der Waals surface area contributed by atoms with E-state index in [0.29, 0.717) is 6.54 Å². The summed E-state index contributed by atoms with van der Waals surface area (Å²) in [6, 6.07) is 0. The lowest BCUT2D eigenvalue weighted by Gasteiger charge is -2.12. The Morgan fingerprint density at radius 2 is 2.57 bits per heavy atom. The van der Waals surface area contributed by atoms with E-state index >= 15 is 0 Å². The fourth-order valence-electron chi connectivity index (χ4n) is 0.534. The normalized spacial score (nSPS) is 20.4. The van der Waals surface area contributed by atoms with Crippen LogP contribution in [0.4, 0.5) is 0 Å². The number of hydrogen-bond donors (Lipinski definition) is 1. The van der Waals surface area contributed by atoms with Gasteiger partial charge in [-0.15, -0.1) is 0 Å². The number of hydrazone groups is 1. The molecule has 0 radical (unpaired) electrons. The zero-order valence-electron chi connectivity index (χ0n) is 4.04. The molecular weight excluding hydrogens is 92.1 g/mol. The molecule has 0 aliphatic carbocycles. The first-order valence-corrected chi connectivity index (χ1v) is 2.38. The van der Waals surface area contributed by atoms with Crippen LogP contribution in [0, 0.1) is 0 Å². The molecule has 0 saturated heterocycles. The maximum absolute atomic E-state index is 8.54. The second-order valence-corrected chi connectivity index (χ2v) is 1.54. The van der Waals surface area contributed by atoms with E-state index in [2.05, 4.69) is 5.10 Å². The van der Waals surface area contributed by atoms with Gasteiger partial charge in [0.1, 0.15) is 0 Å². The summed E-state index contributed by atoms with van der Waals surface area (Å²) in [7, 11) is 0. The Morgan fingerprint density at radius 3 is 2.86 bits per heavy atom. The van der Waals surface area contributed by atoms with Crippen molar-refractivity contribution in [3.05, 3.63) is 0 Å². The Morgan fingerprint density at radius 1 is 1.71 bits per heavy atom. The molecule has 0 bridgehead atoms. The lowest BCUT2D eigenvalue weighted by molar-refractivity contribution is -0.0927. The van der Waals surface area contributed by atoms with Crippen molar-refractivity contribution in [2.24, 2.45) is 5.10 Å². The van der Waals surface area contributed by atoms with E-state index < -0.39 is 0 Å². The lowest BCUT2D eigenvalue weighted by atomic mass is 10.3. The molecule has 40 valence electrons. The minimum Gasteiger partial charge on any atom is -0.272 e. The van der Waals surface area contributed by atoms with Gasteiger partial charge in [0.25, 0.3) is 0 Å². The van der Waals surface area contributed by atoms with Crippen LogP contribution in [0.25, 0.3) is 0 Å². The molecule has 1 heterocycles. The summed E-state index contributed by atoms with van der Waals surface area (Å²) in [5.74, 6) is 0.